The van der Waals surface area contributed by atoms with Crippen LogP contribution < -0.4 is 0 Å². The smallest absolute Gasteiger partial charge is 0.326 e. The minimum Gasteiger partial charge on any atom is -0.326 e. The summed E-state index contributed by atoms with van der Waals surface area (Å²) in [7, 11) is -3.73. The van der Waals surface area contributed by atoms with Gasteiger partial charge in [0.15, 0.2) is 9.84 Å². The molecule has 0 saturated carbocycles. The molecule has 1 amide bonds. The van der Waals surface area contributed by atoms with Crippen LogP contribution in [-0.2, 0) is 9.84 Å². The molecule has 22 heavy (non-hydrogen) atoms. The first-order chi connectivity index (χ1) is 9.95. The van der Waals surface area contributed by atoms with Gasteiger partial charge in [0.05, 0.1) is 10.5 Å². The summed E-state index contributed by atoms with van der Waals surface area (Å²) in [6.45, 7) is 1.18. The lowest BCUT2D eigenvalue weighted by Gasteiger charge is -2.23. The van der Waals surface area contributed by atoms with E-state index in [9.17, 15) is 30.8 Å². The first-order valence-corrected chi connectivity index (χ1v) is 7.81. The zero-order valence-electron chi connectivity index (χ0n) is 11.5. The van der Waals surface area contributed by atoms with E-state index in [1.807, 2.05) is 0 Å². The van der Waals surface area contributed by atoms with Crippen molar-refractivity contribution in [3.63, 3.8) is 0 Å². The number of carbonyl (C=O) groups is 1. The number of carbonyl (C=O) groups excluding carboxylic acids is 1. The van der Waals surface area contributed by atoms with Gasteiger partial charge in [0.1, 0.15) is 12.4 Å². The van der Waals surface area contributed by atoms with Crippen LogP contribution in [0.25, 0.3) is 0 Å². The van der Waals surface area contributed by atoms with E-state index in [1.165, 1.54) is 0 Å². The van der Waals surface area contributed by atoms with Crippen LogP contribution in [-0.4, -0.2) is 44.7 Å². The molecule has 0 radical (unpaired) electrons. The van der Waals surface area contributed by atoms with Gasteiger partial charge in [-0.25, -0.2) is 12.8 Å². The molecule has 0 N–H and O–H groups in total. The van der Waals surface area contributed by atoms with Gasteiger partial charge in [0.25, 0.3) is 5.91 Å². The highest BCUT2D eigenvalue weighted by molar-refractivity contribution is 7.90. The van der Waals surface area contributed by atoms with Crippen molar-refractivity contribution in [1.29, 1.82) is 0 Å². The summed E-state index contributed by atoms with van der Waals surface area (Å²) < 4.78 is 73.9. The molecule has 0 spiro atoms. The third-order valence-corrected chi connectivity index (χ3v) is 3.71. The molecule has 0 aliphatic heterocycles. The minimum atomic E-state index is -4.68. The molecule has 0 bridgehead atoms. The molecule has 1 rings (SSSR count). The molecule has 0 aliphatic rings. The van der Waals surface area contributed by atoms with E-state index in [2.05, 4.69) is 6.58 Å². The lowest BCUT2D eigenvalue weighted by atomic mass is 10.2. The zero-order chi connectivity index (χ0) is 17.1. The topological polar surface area (TPSA) is 54.5 Å². The van der Waals surface area contributed by atoms with E-state index in [4.69, 9.17) is 0 Å². The van der Waals surface area contributed by atoms with Gasteiger partial charge >= 0.3 is 6.18 Å². The van der Waals surface area contributed by atoms with Crippen LogP contribution in [0, 0.1) is 5.82 Å². The summed E-state index contributed by atoms with van der Waals surface area (Å²) in [5, 5.41) is 0. The van der Waals surface area contributed by atoms with Crippen molar-refractivity contribution >= 4 is 15.7 Å². The molecule has 9 heteroatoms. The molecule has 122 valence electrons. The van der Waals surface area contributed by atoms with E-state index < -0.39 is 46.4 Å². The van der Waals surface area contributed by atoms with Crippen molar-refractivity contribution < 1.29 is 30.8 Å². The number of hydrogen-bond donors (Lipinski definition) is 0. The number of amides is 1. The number of hydrogen-bond acceptors (Lipinski definition) is 3. The van der Waals surface area contributed by atoms with Gasteiger partial charge in [0, 0.05) is 12.8 Å². The molecule has 0 aromatic heterocycles. The minimum absolute atomic E-state index is 0.331. The number of nitrogens with zero attached hydrogens (tertiary/aromatic N) is 1. The van der Waals surface area contributed by atoms with Gasteiger partial charge in [-0.3, -0.25) is 4.79 Å². The summed E-state index contributed by atoms with van der Waals surface area (Å²) in [6, 6.07) is 2.38. The second kappa shape index (κ2) is 6.47. The van der Waals surface area contributed by atoms with Gasteiger partial charge in [-0.2, -0.15) is 13.2 Å². The summed E-state index contributed by atoms with van der Waals surface area (Å²) in [5.41, 5.74) is -0.742. The first kappa shape index (κ1) is 18.1. The largest absolute Gasteiger partial charge is 0.406 e. The van der Waals surface area contributed by atoms with Gasteiger partial charge in [-0.1, -0.05) is 6.08 Å². The molecule has 0 unspecified atom stereocenters. The Balaban J connectivity index is 3.26. The average Bonchev–Trinajstić information content (AvgIpc) is 2.35. The molecule has 0 fully saturated rings. The predicted octanol–water partition coefficient (Wildman–Crippen LogP) is 2.42. The quantitative estimate of drug-likeness (QED) is 0.470. The molecule has 1 aromatic rings. The third kappa shape index (κ3) is 4.83. The van der Waals surface area contributed by atoms with Gasteiger partial charge in [0.2, 0.25) is 0 Å². The fourth-order valence-electron chi connectivity index (χ4n) is 1.66. The Kier molecular flexibility index (Phi) is 5.34. The maximum Gasteiger partial charge on any atom is 0.406 e. The second-order valence-corrected chi connectivity index (χ2v) is 6.52. The highest BCUT2D eigenvalue weighted by Gasteiger charge is 2.33. The van der Waals surface area contributed by atoms with Crippen LogP contribution in [0.15, 0.2) is 35.7 Å². The molecule has 0 atom stereocenters. The fraction of sp³-hybridized carbons (Fsp3) is 0.308. The third-order valence-electron chi connectivity index (χ3n) is 2.60. The van der Waals surface area contributed by atoms with Crippen LogP contribution >= 0.6 is 0 Å². The molecule has 0 saturated heterocycles. The number of halogens is 4. The molecule has 1 aromatic carbocycles. The van der Waals surface area contributed by atoms with Crippen LogP contribution in [0.1, 0.15) is 10.4 Å². The van der Waals surface area contributed by atoms with Gasteiger partial charge in [-0.15, -0.1) is 6.58 Å². The SMILES string of the molecule is C=CCN(CC(F)(F)F)C(=O)c1cc(S(C)(=O)=O)ccc1F. The Hall–Kier alpha value is -1.90. The molecule has 4 nitrogen and oxygen atoms in total. The standard InChI is InChI=1S/C13H13F4NO3S/c1-3-6-18(8-13(15,16)17)12(19)10-7-9(22(2,20)21)4-5-11(10)14/h3-5,7H,1,6,8H2,2H3. The van der Waals surface area contributed by atoms with E-state index in [0.29, 0.717) is 4.90 Å². The van der Waals surface area contributed by atoms with Crippen LogP contribution in [0.2, 0.25) is 0 Å². The Labute approximate surface area is 125 Å². The lowest BCUT2D eigenvalue weighted by Crippen LogP contribution is -2.39. The zero-order valence-corrected chi connectivity index (χ0v) is 12.3. The van der Waals surface area contributed by atoms with E-state index >= 15 is 0 Å². The number of alkyl halides is 3. The van der Waals surface area contributed by atoms with Crippen LogP contribution in [0.4, 0.5) is 17.6 Å². The van der Waals surface area contributed by atoms with Crippen molar-refractivity contribution in [2.24, 2.45) is 0 Å². The Morgan fingerprint density at radius 2 is 1.95 bits per heavy atom. The average molecular weight is 339 g/mol. The van der Waals surface area contributed by atoms with Crippen LogP contribution in [0.3, 0.4) is 0 Å². The van der Waals surface area contributed by atoms with Crippen molar-refractivity contribution in [1.82, 2.24) is 4.90 Å². The summed E-state index contributed by atoms with van der Waals surface area (Å²) >= 11 is 0. The van der Waals surface area contributed by atoms with Gasteiger partial charge in [-0.05, 0) is 18.2 Å². The maximum absolute atomic E-state index is 13.7. The van der Waals surface area contributed by atoms with Crippen molar-refractivity contribution in [3.05, 3.63) is 42.2 Å². The number of sulfone groups is 1. The van der Waals surface area contributed by atoms with E-state index in [-0.39, 0.29) is 4.90 Å². The summed E-state index contributed by atoms with van der Waals surface area (Å²) in [4.78, 5) is 12.0. The van der Waals surface area contributed by atoms with Gasteiger partial charge < -0.3 is 4.90 Å². The molecule has 0 aliphatic carbocycles. The lowest BCUT2D eigenvalue weighted by molar-refractivity contribution is -0.139. The monoisotopic (exact) mass is 339 g/mol. The van der Waals surface area contributed by atoms with Crippen molar-refractivity contribution in [2.45, 2.75) is 11.1 Å². The Morgan fingerprint density at radius 1 is 1.36 bits per heavy atom. The number of benzene rings is 1. The highest BCUT2D eigenvalue weighted by atomic mass is 32.2. The Morgan fingerprint density at radius 3 is 2.41 bits per heavy atom. The summed E-state index contributed by atoms with van der Waals surface area (Å²) in [5.74, 6) is -2.37. The van der Waals surface area contributed by atoms with Crippen molar-refractivity contribution in [3.8, 4) is 0 Å². The van der Waals surface area contributed by atoms with E-state index in [0.717, 1.165) is 30.5 Å². The molecule has 0 heterocycles. The predicted molar refractivity (Wildman–Crippen MR) is 71.7 cm³/mol. The van der Waals surface area contributed by atoms with Crippen LogP contribution in [0.5, 0.6) is 0 Å². The second-order valence-electron chi connectivity index (χ2n) is 4.50. The molecular formula is C13H13F4NO3S. The first-order valence-electron chi connectivity index (χ1n) is 5.92. The number of rotatable bonds is 5. The Bertz CT molecular complexity index is 683. The van der Waals surface area contributed by atoms with E-state index in [1.54, 1.807) is 0 Å². The fourth-order valence-corrected chi connectivity index (χ4v) is 2.31. The highest BCUT2D eigenvalue weighted by Crippen LogP contribution is 2.21. The normalized spacial score (nSPS) is 12.0. The molecular weight excluding hydrogens is 326 g/mol. The maximum atomic E-state index is 13.7. The summed E-state index contributed by atoms with van der Waals surface area (Å²) in [6.07, 6.45) is -2.78. The van der Waals surface area contributed by atoms with Crippen molar-refractivity contribution in [2.75, 3.05) is 19.3 Å².